The van der Waals surface area contributed by atoms with Crippen LogP contribution in [-0.4, -0.2) is 77.2 Å². The minimum Gasteiger partial charge on any atom is -0.330 e. The van der Waals surface area contributed by atoms with Crippen LogP contribution in [-0.2, 0) is 6.42 Å². The van der Waals surface area contributed by atoms with Crippen LogP contribution < -0.4 is 22.1 Å². The van der Waals surface area contributed by atoms with Gasteiger partial charge in [0.05, 0.1) is 5.69 Å². The maximum atomic E-state index is 15.2. The second kappa shape index (κ2) is 10.7. The van der Waals surface area contributed by atoms with Crippen LogP contribution in [0.25, 0.3) is 5.69 Å². The van der Waals surface area contributed by atoms with Crippen LogP contribution >= 0.6 is 0 Å². The second-order valence-corrected chi connectivity index (χ2v) is 10.2. The number of hydrogen-bond acceptors (Lipinski definition) is 6. The molecule has 0 spiro atoms. The molecule has 194 valence electrons. The van der Waals surface area contributed by atoms with Gasteiger partial charge in [-0.05, 0) is 60.9 Å². The molecule has 10 heteroatoms. The molecule has 9 nitrogen and oxygen atoms in total. The van der Waals surface area contributed by atoms with Gasteiger partial charge < -0.3 is 16.0 Å². The molecule has 1 saturated carbocycles. The monoisotopic (exact) mass is 497 g/mol. The zero-order valence-corrected chi connectivity index (χ0v) is 20.8. The van der Waals surface area contributed by atoms with Crippen molar-refractivity contribution in [2.45, 2.75) is 32.2 Å². The molecule has 3 aliphatic rings. The molecule has 2 amide bonds. The van der Waals surface area contributed by atoms with Crippen molar-refractivity contribution in [1.82, 2.24) is 24.7 Å². The highest BCUT2D eigenvalue weighted by Gasteiger charge is 2.55. The fourth-order valence-electron chi connectivity index (χ4n) is 5.91. The number of nitrogens with two attached hydrogens (primary N) is 1. The molecule has 0 radical (unpaired) electrons. The average molecular weight is 498 g/mol. The first-order valence-corrected chi connectivity index (χ1v) is 13.1. The van der Waals surface area contributed by atoms with Gasteiger partial charge in [0.25, 0.3) is 0 Å². The Morgan fingerprint density at radius 3 is 2.64 bits per heavy atom. The van der Waals surface area contributed by atoms with E-state index < -0.39 is 5.69 Å². The van der Waals surface area contributed by atoms with E-state index in [4.69, 9.17) is 5.73 Å². The molecular formula is C26H36FN7O2. The zero-order valence-electron chi connectivity index (χ0n) is 20.8. The van der Waals surface area contributed by atoms with Gasteiger partial charge >= 0.3 is 11.7 Å². The minimum absolute atomic E-state index is 0.180. The second-order valence-electron chi connectivity index (χ2n) is 10.2. The summed E-state index contributed by atoms with van der Waals surface area (Å²) in [6.45, 7) is 7.73. The van der Waals surface area contributed by atoms with Crippen molar-refractivity contribution < 1.29 is 9.18 Å². The summed E-state index contributed by atoms with van der Waals surface area (Å²) in [5.74, 6) is 1.96. The van der Waals surface area contributed by atoms with E-state index in [-0.39, 0.29) is 17.7 Å². The Morgan fingerprint density at radius 2 is 2.00 bits per heavy atom. The van der Waals surface area contributed by atoms with Crippen molar-refractivity contribution in [2.24, 2.45) is 23.5 Å². The summed E-state index contributed by atoms with van der Waals surface area (Å²) < 4.78 is 16.5. The summed E-state index contributed by atoms with van der Waals surface area (Å²) in [6, 6.07) is 6.51. The number of piperazine rings is 1. The largest absolute Gasteiger partial charge is 0.354 e. The van der Waals surface area contributed by atoms with E-state index in [2.05, 4.69) is 27.4 Å². The highest BCUT2D eigenvalue weighted by atomic mass is 19.1. The predicted molar refractivity (Wildman–Crippen MR) is 137 cm³/mol. The number of hydrogen-bond donors (Lipinski definition) is 3. The van der Waals surface area contributed by atoms with E-state index in [0.29, 0.717) is 54.6 Å². The Hall–Kier alpha value is -2.82. The molecule has 2 aromatic rings. The number of nitrogens with one attached hydrogen (secondary N) is 2. The highest BCUT2D eigenvalue weighted by molar-refractivity contribution is 5.88. The first-order chi connectivity index (χ1) is 17.5. The summed E-state index contributed by atoms with van der Waals surface area (Å²) in [7, 11) is 0. The van der Waals surface area contributed by atoms with E-state index in [9.17, 15) is 9.59 Å². The molecule has 1 aromatic heterocycles. The van der Waals surface area contributed by atoms with Gasteiger partial charge in [-0.1, -0.05) is 19.4 Å². The third kappa shape index (κ3) is 5.16. The van der Waals surface area contributed by atoms with Crippen LogP contribution in [0.1, 0.15) is 25.3 Å². The Morgan fingerprint density at radius 1 is 1.25 bits per heavy atom. The van der Waals surface area contributed by atoms with E-state index in [0.717, 1.165) is 45.6 Å². The number of benzene rings is 1. The SMILES string of the molecule is CCCC(Cc1ccc(-n2ccc(NC(=O)N3CCNCC3)nc2=O)cc1F)N1C[C@@H]2C(CN)[C@@H]2C1. The lowest BCUT2D eigenvalue weighted by Crippen LogP contribution is -2.48. The normalized spacial score (nSPS) is 24.4. The fourth-order valence-corrected chi connectivity index (χ4v) is 5.91. The van der Waals surface area contributed by atoms with Gasteiger partial charge in [0.2, 0.25) is 0 Å². The zero-order chi connectivity index (χ0) is 25.2. The number of fused-ring (bicyclic) bond motifs is 1. The third-order valence-corrected chi connectivity index (χ3v) is 8.02. The van der Waals surface area contributed by atoms with Crippen molar-refractivity contribution >= 4 is 11.8 Å². The highest BCUT2D eigenvalue weighted by Crippen LogP contribution is 2.51. The van der Waals surface area contributed by atoms with Crippen molar-refractivity contribution in [3.05, 3.63) is 52.3 Å². The summed E-state index contributed by atoms with van der Waals surface area (Å²) in [5.41, 5.74) is 6.36. The topological polar surface area (TPSA) is 109 Å². The van der Waals surface area contributed by atoms with Crippen LogP contribution in [0, 0.1) is 23.6 Å². The van der Waals surface area contributed by atoms with Crippen LogP contribution in [0.4, 0.5) is 15.0 Å². The number of carbonyl (C=O) groups excluding carboxylic acids is 1. The predicted octanol–water partition coefficient (Wildman–Crippen LogP) is 1.66. The summed E-state index contributed by atoms with van der Waals surface area (Å²) >= 11 is 0. The molecular weight excluding hydrogens is 461 g/mol. The van der Waals surface area contributed by atoms with Crippen LogP contribution in [0.2, 0.25) is 0 Å². The number of likely N-dealkylation sites (tertiary alicyclic amines) is 1. The lowest BCUT2D eigenvalue weighted by molar-refractivity contribution is 0.194. The first-order valence-electron chi connectivity index (χ1n) is 13.1. The van der Waals surface area contributed by atoms with Gasteiger partial charge in [0.1, 0.15) is 11.6 Å². The maximum Gasteiger partial charge on any atom is 0.354 e. The standard InChI is InChI=1S/C26H36FN7O2/c1-2-3-18(33-15-21-20(14-28)22(21)16-33)12-17-4-5-19(13-23(17)27)34-9-6-24(31-26(34)36)30-25(35)32-10-7-29-8-11-32/h4-6,9,13,18,20-22,29H,2-3,7-8,10-12,14-16,28H2,1H3,(H,30,31,35,36)/t18?,20?,21-,22+. The quantitative estimate of drug-likeness (QED) is 0.512. The number of halogens is 1. The Labute approximate surface area is 210 Å². The molecule has 3 fully saturated rings. The lowest BCUT2D eigenvalue weighted by atomic mass is 9.99. The van der Waals surface area contributed by atoms with Crippen molar-refractivity contribution in [2.75, 3.05) is 51.1 Å². The first kappa shape index (κ1) is 24.9. The number of piperidine rings is 1. The van der Waals surface area contributed by atoms with Gasteiger partial charge in [-0.2, -0.15) is 4.98 Å². The minimum atomic E-state index is -0.574. The molecule has 5 rings (SSSR count). The maximum absolute atomic E-state index is 15.2. The van der Waals surface area contributed by atoms with E-state index in [1.165, 1.54) is 16.8 Å². The van der Waals surface area contributed by atoms with Gasteiger partial charge in [-0.25, -0.2) is 14.0 Å². The Bertz CT molecular complexity index is 1140. The van der Waals surface area contributed by atoms with E-state index in [1.54, 1.807) is 23.1 Å². The Balaban J connectivity index is 1.25. The smallest absolute Gasteiger partial charge is 0.330 e. The van der Waals surface area contributed by atoms with Gasteiger partial charge in [0, 0.05) is 51.5 Å². The number of carbonyl (C=O) groups is 1. The van der Waals surface area contributed by atoms with Crippen molar-refractivity contribution in [3.8, 4) is 5.69 Å². The summed E-state index contributed by atoms with van der Waals surface area (Å²) in [6.07, 6.45) is 4.24. The van der Waals surface area contributed by atoms with Crippen LogP contribution in [0.15, 0.2) is 35.3 Å². The number of rotatable bonds is 8. The number of nitrogens with zero attached hydrogens (tertiary/aromatic N) is 4. The molecule has 1 aliphatic carbocycles. The van der Waals surface area contributed by atoms with Crippen molar-refractivity contribution in [1.29, 1.82) is 0 Å². The van der Waals surface area contributed by atoms with E-state index in [1.807, 2.05) is 0 Å². The molecule has 2 unspecified atom stereocenters. The van der Waals surface area contributed by atoms with Crippen LogP contribution in [0.3, 0.4) is 0 Å². The van der Waals surface area contributed by atoms with Crippen LogP contribution in [0.5, 0.6) is 0 Å². The number of amides is 2. The molecule has 4 N–H and O–H groups in total. The van der Waals surface area contributed by atoms with Crippen molar-refractivity contribution in [3.63, 3.8) is 0 Å². The van der Waals surface area contributed by atoms with Gasteiger partial charge in [-0.3, -0.25) is 14.8 Å². The molecule has 36 heavy (non-hydrogen) atoms. The van der Waals surface area contributed by atoms with Gasteiger partial charge in [0.15, 0.2) is 0 Å². The Kier molecular flexibility index (Phi) is 7.36. The molecule has 0 bridgehead atoms. The molecule has 2 aliphatic heterocycles. The molecule has 2 saturated heterocycles. The molecule has 4 atom stereocenters. The number of urea groups is 1. The number of anilines is 1. The third-order valence-electron chi connectivity index (χ3n) is 8.02. The summed E-state index contributed by atoms with van der Waals surface area (Å²) in [5, 5.41) is 5.86. The van der Waals surface area contributed by atoms with E-state index >= 15 is 4.39 Å². The lowest BCUT2D eigenvalue weighted by Gasteiger charge is -2.30. The van der Waals surface area contributed by atoms with Gasteiger partial charge in [-0.15, -0.1) is 0 Å². The average Bonchev–Trinajstić information content (AvgIpc) is 3.35. The summed E-state index contributed by atoms with van der Waals surface area (Å²) in [4.78, 5) is 33.2. The number of aromatic nitrogens is 2. The molecule has 1 aromatic carbocycles. The molecule has 3 heterocycles. The fraction of sp³-hybridized carbons (Fsp3) is 0.577.